The molecule has 0 saturated heterocycles. The van der Waals surface area contributed by atoms with Crippen molar-refractivity contribution in [3.05, 3.63) is 145 Å². The Morgan fingerprint density at radius 3 is 1.03 bits per heavy atom. The predicted octanol–water partition coefficient (Wildman–Crippen LogP) is 6.68. The van der Waals surface area contributed by atoms with E-state index in [2.05, 4.69) is 133 Å². The van der Waals surface area contributed by atoms with E-state index in [0.29, 0.717) is 0 Å². The minimum Gasteiger partial charge on any atom is -0.454 e. The van der Waals surface area contributed by atoms with Crippen LogP contribution in [0.1, 0.15) is 11.1 Å². The molecule has 0 aliphatic carbocycles. The molecule has 0 N–H and O–H groups in total. The molecule has 0 amide bonds. The predicted molar refractivity (Wildman–Crippen MR) is 158 cm³/mol. The number of benzene rings is 5. The first-order valence-corrected chi connectivity index (χ1v) is 15.6. The van der Waals surface area contributed by atoms with Crippen LogP contribution in [0.4, 0.5) is 0 Å². The van der Waals surface area contributed by atoms with E-state index in [1.54, 1.807) is 0 Å². The van der Waals surface area contributed by atoms with Gasteiger partial charge in [-0.3, -0.25) is 0 Å². The van der Waals surface area contributed by atoms with Gasteiger partial charge in [-0.2, -0.15) is 0 Å². The van der Waals surface area contributed by atoms with E-state index in [-0.39, 0.29) is 6.79 Å². The number of hydrogen-bond donors (Lipinski definition) is 0. The van der Waals surface area contributed by atoms with Crippen LogP contribution < -0.4 is 30.7 Å². The summed E-state index contributed by atoms with van der Waals surface area (Å²) in [7, 11) is -1.15. The van der Waals surface area contributed by atoms with Crippen molar-refractivity contribution in [2.24, 2.45) is 0 Å². The minimum absolute atomic E-state index is 0.288. The highest BCUT2D eigenvalue weighted by Crippen LogP contribution is 2.46. The highest BCUT2D eigenvalue weighted by Gasteiger charge is 2.24. The summed E-state index contributed by atoms with van der Waals surface area (Å²) in [4.78, 5) is 0. The first-order chi connectivity index (χ1) is 18.3. The van der Waals surface area contributed by atoms with Crippen LogP contribution >= 0.6 is 15.8 Å². The van der Waals surface area contributed by atoms with Crippen molar-refractivity contribution in [3.8, 4) is 11.5 Å². The minimum atomic E-state index is -0.573. The van der Waals surface area contributed by atoms with Gasteiger partial charge in [0.25, 0.3) is 0 Å². The van der Waals surface area contributed by atoms with Gasteiger partial charge in [-0.15, -0.1) is 0 Å². The average molecular weight is 519 g/mol. The van der Waals surface area contributed by atoms with E-state index in [1.165, 1.54) is 32.3 Å². The zero-order valence-electron chi connectivity index (χ0n) is 20.5. The summed E-state index contributed by atoms with van der Waals surface area (Å²) in [6.45, 7) is 0.288. The van der Waals surface area contributed by atoms with Crippen LogP contribution in [0.2, 0.25) is 0 Å². The van der Waals surface area contributed by atoms with Crippen molar-refractivity contribution < 1.29 is 9.47 Å². The van der Waals surface area contributed by atoms with E-state index in [0.717, 1.165) is 23.8 Å². The van der Waals surface area contributed by atoms with Crippen molar-refractivity contribution in [2.45, 2.75) is 12.3 Å². The van der Waals surface area contributed by atoms with Gasteiger partial charge in [-0.1, -0.05) is 121 Å². The lowest BCUT2D eigenvalue weighted by molar-refractivity contribution is 0.174. The van der Waals surface area contributed by atoms with Gasteiger partial charge in [0.1, 0.15) is 0 Å². The molecular weight excluding hydrogens is 490 g/mol. The molecule has 6 rings (SSSR count). The number of fused-ring (bicyclic) bond motifs is 1. The van der Waals surface area contributed by atoms with Gasteiger partial charge in [-0.25, -0.2) is 0 Å². The maximum absolute atomic E-state index is 5.85. The van der Waals surface area contributed by atoms with Gasteiger partial charge in [0.05, 0.1) is 0 Å². The third-order valence-electron chi connectivity index (χ3n) is 6.62. The van der Waals surface area contributed by atoms with Crippen LogP contribution in [0.25, 0.3) is 0 Å². The Morgan fingerprint density at radius 2 is 0.730 bits per heavy atom. The summed E-state index contributed by atoms with van der Waals surface area (Å²) < 4.78 is 11.7. The molecule has 4 heteroatoms. The summed E-state index contributed by atoms with van der Waals surface area (Å²) in [5, 5.41) is 5.56. The van der Waals surface area contributed by atoms with E-state index < -0.39 is 15.8 Å². The molecule has 5 aromatic rings. The van der Waals surface area contributed by atoms with Crippen LogP contribution in [0, 0.1) is 0 Å². The Morgan fingerprint density at radius 1 is 0.432 bits per heavy atom. The van der Waals surface area contributed by atoms with Crippen LogP contribution in [-0.4, -0.2) is 6.79 Å². The van der Waals surface area contributed by atoms with Crippen LogP contribution in [0.15, 0.2) is 133 Å². The van der Waals surface area contributed by atoms with Gasteiger partial charge in [0.15, 0.2) is 11.5 Å². The Bertz CT molecular complexity index is 1250. The van der Waals surface area contributed by atoms with Gasteiger partial charge in [0, 0.05) is 12.3 Å². The smallest absolute Gasteiger partial charge is 0.231 e. The third-order valence-corrected chi connectivity index (χ3v) is 11.6. The van der Waals surface area contributed by atoms with E-state index in [4.69, 9.17) is 9.47 Å². The number of ether oxygens (including phenoxy) is 2. The molecule has 2 nitrogen and oxygen atoms in total. The standard InChI is InChI=1S/C33H28O2P2/c1-5-13-28(14-6-1)36(29-15-7-2-8-16-29)23-26-21-32-33(35-25-34-32)22-27(26)24-37(30-17-9-3-10-18-30)31-19-11-4-12-20-31/h1-22H,23-25H2. The molecule has 37 heavy (non-hydrogen) atoms. The first kappa shape index (κ1) is 23.9. The number of rotatable bonds is 8. The van der Waals surface area contributed by atoms with E-state index in [1.807, 2.05) is 0 Å². The van der Waals surface area contributed by atoms with Crippen LogP contribution in [-0.2, 0) is 12.3 Å². The van der Waals surface area contributed by atoms with Crippen molar-refractivity contribution in [3.63, 3.8) is 0 Å². The highest BCUT2D eigenvalue weighted by molar-refractivity contribution is 7.72. The lowest BCUT2D eigenvalue weighted by atomic mass is 10.1. The molecule has 0 spiro atoms. The quantitative estimate of drug-likeness (QED) is 0.213. The summed E-state index contributed by atoms with van der Waals surface area (Å²) in [5.74, 6) is 1.72. The molecular formula is C33H28O2P2. The second-order valence-corrected chi connectivity index (χ2v) is 13.4. The SMILES string of the molecule is c1ccc(P(Cc2cc3c(cc2CP(c2ccccc2)c2ccccc2)OCO3)c2ccccc2)cc1. The fourth-order valence-electron chi connectivity index (χ4n) is 4.76. The maximum Gasteiger partial charge on any atom is 0.231 e. The van der Waals surface area contributed by atoms with Crippen LogP contribution in [0.5, 0.6) is 11.5 Å². The van der Waals surface area contributed by atoms with Crippen molar-refractivity contribution >= 4 is 37.1 Å². The summed E-state index contributed by atoms with van der Waals surface area (Å²) in [6.07, 6.45) is 1.92. The molecule has 0 saturated carbocycles. The topological polar surface area (TPSA) is 18.5 Å². The molecule has 182 valence electrons. The molecule has 0 aromatic heterocycles. The second kappa shape index (κ2) is 11.3. The van der Waals surface area contributed by atoms with Gasteiger partial charge >= 0.3 is 0 Å². The van der Waals surface area contributed by atoms with Crippen LogP contribution in [0.3, 0.4) is 0 Å². The Kier molecular flexibility index (Phi) is 7.31. The first-order valence-electron chi connectivity index (χ1n) is 12.5. The molecule has 0 radical (unpaired) electrons. The maximum atomic E-state index is 5.85. The van der Waals surface area contributed by atoms with Crippen molar-refractivity contribution in [1.29, 1.82) is 0 Å². The highest BCUT2D eigenvalue weighted by atomic mass is 31.1. The molecule has 0 atom stereocenters. The Labute approximate surface area is 221 Å². The molecule has 1 heterocycles. The monoisotopic (exact) mass is 518 g/mol. The molecule has 0 fully saturated rings. The zero-order chi connectivity index (χ0) is 24.9. The molecule has 5 aromatic carbocycles. The van der Waals surface area contributed by atoms with Crippen molar-refractivity contribution in [2.75, 3.05) is 6.79 Å². The normalized spacial score (nSPS) is 12.3. The molecule has 1 aliphatic heterocycles. The molecule has 0 unspecified atom stereocenters. The number of hydrogen-bond acceptors (Lipinski definition) is 2. The summed E-state index contributed by atoms with van der Waals surface area (Å²) >= 11 is 0. The lowest BCUT2D eigenvalue weighted by Gasteiger charge is -2.24. The van der Waals surface area contributed by atoms with Gasteiger partial charge < -0.3 is 9.47 Å². The Balaban J connectivity index is 1.43. The fourth-order valence-corrected chi connectivity index (χ4v) is 9.48. The molecule has 1 aliphatic rings. The largest absolute Gasteiger partial charge is 0.454 e. The fraction of sp³-hybridized carbons (Fsp3) is 0.0909. The summed E-state index contributed by atoms with van der Waals surface area (Å²) in [5.41, 5.74) is 2.70. The second-order valence-electron chi connectivity index (χ2n) is 8.99. The summed E-state index contributed by atoms with van der Waals surface area (Å²) in [6, 6.07) is 48.2. The Hall–Kier alpha value is -3.44. The van der Waals surface area contributed by atoms with Gasteiger partial charge in [-0.05, 0) is 60.3 Å². The van der Waals surface area contributed by atoms with Gasteiger partial charge in [0.2, 0.25) is 6.79 Å². The van der Waals surface area contributed by atoms with E-state index >= 15 is 0 Å². The average Bonchev–Trinajstić information content (AvgIpc) is 3.43. The third kappa shape index (κ3) is 5.47. The van der Waals surface area contributed by atoms with E-state index in [9.17, 15) is 0 Å². The zero-order valence-corrected chi connectivity index (χ0v) is 22.3. The lowest BCUT2D eigenvalue weighted by Crippen LogP contribution is -2.15. The molecule has 0 bridgehead atoms. The van der Waals surface area contributed by atoms with Crippen molar-refractivity contribution in [1.82, 2.24) is 0 Å².